The third-order valence-corrected chi connectivity index (χ3v) is 10.6. The number of aryl methyl sites for hydroxylation is 1. The lowest BCUT2D eigenvalue weighted by atomic mass is 9.55. The van der Waals surface area contributed by atoms with Gasteiger partial charge in [-0.1, -0.05) is 13.0 Å². The summed E-state index contributed by atoms with van der Waals surface area (Å²) in [4.78, 5) is 12.6. The first-order valence-electron chi connectivity index (χ1n) is 15.0. The first kappa shape index (κ1) is 30.3. The molecule has 5 aliphatic rings. The Hall–Kier alpha value is -1.71. The average molecular weight is 595 g/mol. The van der Waals surface area contributed by atoms with Crippen molar-refractivity contribution in [2.24, 2.45) is 17.3 Å². The lowest BCUT2D eigenvalue weighted by Crippen LogP contribution is -2.65. The molecule has 2 saturated carbocycles. The number of carbonyl (C=O) groups is 1. The predicted molar refractivity (Wildman–Crippen MR) is 143 cm³/mol. The minimum absolute atomic E-state index is 0.190. The number of ketones is 1. The van der Waals surface area contributed by atoms with Crippen LogP contribution in [0.15, 0.2) is 18.2 Å². The molecule has 14 atom stereocenters. The second-order valence-corrected chi connectivity index (χ2v) is 12.8. The molecule has 2 aliphatic heterocycles. The zero-order chi connectivity index (χ0) is 29.9. The van der Waals surface area contributed by atoms with Crippen LogP contribution in [0.2, 0.25) is 0 Å². The van der Waals surface area contributed by atoms with E-state index in [-0.39, 0.29) is 5.41 Å². The van der Waals surface area contributed by atoms with Gasteiger partial charge in [-0.3, -0.25) is 4.79 Å². The molecule has 0 bridgehead atoms. The van der Waals surface area contributed by atoms with Gasteiger partial charge in [0, 0.05) is 11.8 Å². The number of rotatable bonds is 6. The van der Waals surface area contributed by atoms with Gasteiger partial charge in [0.25, 0.3) is 0 Å². The number of aliphatic hydroxyl groups excluding tert-OH is 7. The summed E-state index contributed by atoms with van der Waals surface area (Å²) in [6.45, 7) is 0.846. The largest absolute Gasteiger partial charge is 0.462 e. The zero-order valence-corrected chi connectivity index (χ0v) is 23.6. The molecule has 4 fully saturated rings. The summed E-state index contributed by atoms with van der Waals surface area (Å²) < 4.78 is 22.7. The van der Waals surface area contributed by atoms with Crippen LogP contribution in [-0.2, 0) is 25.4 Å². The molecule has 0 radical (unpaired) electrons. The molecule has 0 spiro atoms. The van der Waals surface area contributed by atoms with E-state index in [4.69, 9.17) is 18.9 Å². The van der Waals surface area contributed by atoms with E-state index in [0.29, 0.717) is 35.7 Å². The highest BCUT2D eigenvalue weighted by molar-refractivity contribution is 5.87. The predicted octanol–water partition coefficient (Wildman–Crippen LogP) is -0.885. The normalized spacial score (nSPS) is 47.0. The van der Waals surface area contributed by atoms with Crippen LogP contribution in [0.25, 0.3) is 0 Å². The van der Waals surface area contributed by atoms with E-state index in [1.165, 1.54) is 5.56 Å². The number of ether oxygens (including phenoxy) is 4. The van der Waals surface area contributed by atoms with Gasteiger partial charge in [-0.25, -0.2) is 0 Å². The topological polar surface area (TPSA) is 196 Å². The van der Waals surface area contributed by atoms with Crippen molar-refractivity contribution < 1.29 is 59.5 Å². The fourth-order valence-electron chi connectivity index (χ4n) is 8.19. The van der Waals surface area contributed by atoms with Gasteiger partial charge in [0.2, 0.25) is 6.29 Å². The van der Waals surface area contributed by atoms with E-state index >= 15 is 0 Å². The highest BCUT2D eigenvalue weighted by atomic mass is 16.7. The molecule has 7 N–H and O–H groups in total. The molecule has 2 saturated heterocycles. The highest BCUT2D eigenvalue weighted by Crippen LogP contribution is 2.59. The monoisotopic (exact) mass is 594 g/mol. The van der Waals surface area contributed by atoms with Crippen LogP contribution in [0.4, 0.5) is 0 Å². The van der Waals surface area contributed by atoms with E-state index in [1.54, 1.807) is 0 Å². The van der Waals surface area contributed by atoms with Gasteiger partial charge in [-0.2, -0.15) is 0 Å². The van der Waals surface area contributed by atoms with E-state index in [0.717, 1.165) is 37.7 Å². The van der Waals surface area contributed by atoms with Gasteiger partial charge in [0.05, 0.1) is 13.2 Å². The van der Waals surface area contributed by atoms with Gasteiger partial charge >= 0.3 is 0 Å². The lowest BCUT2D eigenvalue weighted by Gasteiger charge is -2.48. The van der Waals surface area contributed by atoms with Crippen LogP contribution in [0.1, 0.15) is 56.1 Å². The Morgan fingerprint density at radius 3 is 2.31 bits per heavy atom. The molecular weight excluding hydrogens is 552 g/mol. The SMILES string of the molecule is C[C@]12CC[C@@H]3c4ccc(O[C@@H]5O[C@@H](CO)[C@@H](O[C@@H]6O[C@@H](CO)[C@@H](O)[C@H](O)[C@@H]6O)[C@H](O)[C@@H]5O)cc4CC[C@H]3[C@@H]1CCC2=O. The molecule has 42 heavy (non-hydrogen) atoms. The third kappa shape index (κ3) is 4.99. The summed E-state index contributed by atoms with van der Waals surface area (Å²) in [6, 6.07) is 5.77. The summed E-state index contributed by atoms with van der Waals surface area (Å²) in [5.41, 5.74) is 2.23. The summed E-state index contributed by atoms with van der Waals surface area (Å²) in [5.74, 6) is 2.15. The van der Waals surface area contributed by atoms with Gasteiger partial charge in [-0.05, 0) is 73.1 Å². The van der Waals surface area contributed by atoms with Crippen molar-refractivity contribution >= 4 is 5.78 Å². The molecule has 3 aliphatic carbocycles. The van der Waals surface area contributed by atoms with Crippen molar-refractivity contribution in [3.05, 3.63) is 29.3 Å². The summed E-state index contributed by atoms with van der Waals surface area (Å²) in [5, 5.41) is 71.6. The highest BCUT2D eigenvalue weighted by Gasteiger charge is 2.55. The number of carbonyl (C=O) groups excluding carboxylic acids is 1. The molecule has 2 heterocycles. The molecule has 1 aromatic rings. The van der Waals surface area contributed by atoms with Crippen LogP contribution in [0, 0.1) is 17.3 Å². The Morgan fingerprint density at radius 2 is 1.57 bits per heavy atom. The van der Waals surface area contributed by atoms with Crippen molar-refractivity contribution in [1.29, 1.82) is 0 Å². The molecule has 6 rings (SSSR count). The summed E-state index contributed by atoms with van der Waals surface area (Å²) in [7, 11) is 0. The first-order valence-corrected chi connectivity index (χ1v) is 15.0. The minimum atomic E-state index is -1.73. The Morgan fingerprint density at radius 1 is 0.857 bits per heavy atom. The van der Waals surface area contributed by atoms with Gasteiger partial charge in [0.1, 0.15) is 60.4 Å². The van der Waals surface area contributed by atoms with Crippen molar-refractivity contribution in [2.45, 2.75) is 113 Å². The smallest absolute Gasteiger partial charge is 0.229 e. The standard InChI is InChI=1S/C30H42O12/c1-30-9-8-16-15-5-3-14(10-13(15)2-4-17(16)18(30)6-7-21(30)33)39-28-26(38)24(36)27(20(12-32)41-28)42-29-25(37)23(35)22(34)19(11-31)40-29/h3,5,10,16-20,22-29,31-32,34-38H,2,4,6-9,11-12H2,1H3/t16-,17-,18+,19+,20+,22-,23+,24-,25+,26+,27-,28-,29+,30+/m1/s1. The fourth-order valence-corrected chi connectivity index (χ4v) is 8.19. The second kappa shape index (κ2) is 11.7. The van der Waals surface area contributed by atoms with Crippen LogP contribution in [-0.4, -0.2) is 116 Å². The van der Waals surface area contributed by atoms with Gasteiger partial charge in [0.15, 0.2) is 6.29 Å². The fraction of sp³-hybridized carbons (Fsp3) is 0.767. The van der Waals surface area contributed by atoms with E-state index in [1.807, 2.05) is 18.2 Å². The minimum Gasteiger partial charge on any atom is -0.462 e. The maximum Gasteiger partial charge on any atom is 0.229 e. The van der Waals surface area contributed by atoms with E-state index in [2.05, 4.69) is 6.92 Å². The molecule has 0 amide bonds. The maximum atomic E-state index is 12.6. The van der Waals surface area contributed by atoms with E-state index in [9.17, 15) is 40.5 Å². The molecule has 12 nitrogen and oxygen atoms in total. The van der Waals surface area contributed by atoms with Crippen molar-refractivity contribution in [1.82, 2.24) is 0 Å². The number of benzene rings is 1. The molecular formula is C30H42O12. The quantitative estimate of drug-likeness (QED) is 0.215. The molecule has 0 aromatic heterocycles. The zero-order valence-electron chi connectivity index (χ0n) is 23.6. The number of hydrogen-bond acceptors (Lipinski definition) is 12. The maximum absolute atomic E-state index is 12.6. The molecule has 12 heteroatoms. The van der Waals surface area contributed by atoms with Crippen molar-refractivity contribution in [2.75, 3.05) is 13.2 Å². The van der Waals surface area contributed by atoms with Crippen LogP contribution < -0.4 is 4.74 Å². The summed E-state index contributed by atoms with van der Waals surface area (Å²) >= 11 is 0. The molecule has 234 valence electrons. The van der Waals surface area contributed by atoms with Crippen molar-refractivity contribution in [3.8, 4) is 5.75 Å². The Balaban J connectivity index is 1.13. The summed E-state index contributed by atoms with van der Waals surface area (Å²) in [6.07, 6.45) is -9.67. The Bertz CT molecular complexity index is 1140. The van der Waals surface area contributed by atoms with Crippen LogP contribution in [0.5, 0.6) is 5.75 Å². The van der Waals surface area contributed by atoms with Gasteiger partial charge in [-0.15, -0.1) is 0 Å². The van der Waals surface area contributed by atoms with Crippen molar-refractivity contribution in [3.63, 3.8) is 0 Å². The number of aliphatic hydroxyl groups is 7. The van der Waals surface area contributed by atoms with Crippen LogP contribution >= 0.6 is 0 Å². The second-order valence-electron chi connectivity index (χ2n) is 12.8. The number of hydrogen-bond donors (Lipinski definition) is 7. The average Bonchev–Trinajstić information content (AvgIpc) is 3.30. The molecule has 0 unspecified atom stereocenters. The van der Waals surface area contributed by atoms with Gasteiger partial charge < -0.3 is 54.7 Å². The number of fused-ring (bicyclic) bond motifs is 5. The first-order chi connectivity index (χ1) is 20.1. The molecule has 1 aromatic carbocycles. The van der Waals surface area contributed by atoms with Crippen LogP contribution in [0.3, 0.4) is 0 Å². The van der Waals surface area contributed by atoms with E-state index < -0.39 is 74.6 Å². The Labute approximate surface area is 243 Å². The third-order valence-electron chi connectivity index (χ3n) is 10.6. The lowest BCUT2D eigenvalue weighted by molar-refractivity contribution is -0.352. The number of Topliss-reactive ketones (excluding diaryl/α,β-unsaturated/α-hetero) is 1. The Kier molecular flexibility index (Phi) is 8.42.